The van der Waals surface area contributed by atoms with E-state index in [-0.39, 0.29) is 17.9 Å². The molecule has 2 N–H and O–H groups in total. The summed E-state index contributed by atoms with van der Waals surface area (Å²) in [6.45, 7) is 2.48. The molecule has 4 amide bonds. The highest BCUT2D eigenvalue weighted by molar-refractivity contribution is 6.30. The number of hydrogen-bond donors (Lipinski definition) is 2. The fraction of sp³-hybridized carbons (Fsp3) is 0.227. The number of hydrogen-bond acceptors (Lipinski definition) is 6. The van der Waals surface area contributed by atoms with Crippen molar-refractivity contribution in [1.82, 2.24) is 10.2 Å². The standard InChI is InChI=1S/C22H22N2O6/c1-3-10-30-18-9-6-15(12-19(18)29-2)13-24-21(27)17(20(26)23-22(24)28)11-14-4-7-16(25)8-5-14/h4-9,11-12,25H,3,10,13H2,1-2H3,(H,23,26,28)/b17-11+. The van der Waals surface area contributed by atoms with Gasteiger partial charge in [-0.05, 0) is 47.9 Å². The van der Waals surface area contributed by atoms with Gasteiger partial charge in [0.2, 0.25) is 0 Å². The predicted octanol–water partition coefficient (Wildman–Crippen LogP) is 2.85. The van der Waals surface area contributed by atoms with Crippen molar-refractivity contribution in [2.45, 2.75) is 19.9 Å². The quantitative estimate of drug-likeness (QED) is 0.537. The second kappa shape index (κ2) is 9.13. The molecule has 0 unspecified atom stereocenters. The van der Waals surface area contributed by atoms with Gasteiger partial charge in [0, 0.05) is 0 Å². The molecule has 1 heterocycles. The van der Waals surface area contributed by atoms with Crippen LogP contribution in [-0.2, 0) is 16.1 Å². The van der Waals surface area contributed by atoms with Crippen LogP contribution in [0.5, 0.6) is 17.2 Å². The second-order valence-electron chi connectivity index (χ2n) is 6.63. The second-order valence-corrected chi connectivity index (χ2v) is 6.63. The topological polar surface area (TPSA) is 105 Å². The number of phenols is 1. The smallest absolute Gasteiger partial charge is 0.331 e. The van der Waals surface area contributed by atoms with E-state index in [0.29, 0.717) is 29.2 Å². The van der Waals surface area contributed by atoms with Crippen LogP contribution in [0.15, 0.2) is 48.0 Å². The highest BCUT2D eigenvalue weighted by Crippen LogP contribution is 2.29. The number of carbonyl (C=O) groups is 3. The van der Waals surface area contributed by atoms with Crippen molar-refractivity contribution in [2.75, 3.05) is 13.7 Å². The number of urea groups is 1. The van der Waals surface area contributed by atoms with Crippen LogP contribution in [0.1, 0.15) is 24.5 Å². The van der Waals surface area contributed by atoms with E-state index in [1.807, 2.05) is 6.92 Å². The molecular formula is C22H22N2O6. The van der Waals surface area contributed by atoms with Gasteiger partial charge in [0.15, 0.2) is 11.5 Å². The Morgan fingerprint density at radius 3 is 2.47 bits per heavy atom. The summed E-state index contributed by atoms with van der Waals surface area (Å²) in [6.07, 6.45) is 2.22. The molecular weight excluding hydrogens is 388 g/mol. The van der Waals surface area contributed by atoms with E-state index >= 15 is 0 Å². The maximum absolute atomic E-state index is 12.9. The maximum atomic E-state index is 12.9. The van der Waals surface area contributed by atoms with Gasteiger partial charge < -0.3 is 14.6 Å². The molecule has 0 aliphatic carbocycles. The molecule has 1 saturated heterocycles. The number of benzene rings is 2. The first-order valence-corrected chi connectivity index (χ1v) is 9.40. The largest absolute Gasteiger partial charge is 0.508 e. The van der Waals surface area contributed by atoms with E-state index in [1.165, 1.54) is 25.3 Å². The molecule has 156 valence electrons. The molecule has 8 nitrogen and oxygen atoms in total. The number of nitrogens with zero attached hydrogens (tertiary/aromatic N) is 1. The van der Waals surface area contributed by atoms with Crippen molar-refractivity contribution in [2.24, 2.45) is 0 Å². The van der Waals surface area contributed by atoms with Crippen molar-refractivity contribution < 1.29 is 29.0 Å². The average molecular weight is 410 g/mol. The number of amides is 4. The summed E-state index contributed by atoms with van der Waals surface area (Å²) in [5.74, 6) is -0.353. The monoisotopic (exact) mass is 410 g/mol. The first kappa shape index (κ1) is 20.9. The normalized spacial score (nSPS) is 15.3. The molecule has 0 radical (unpaired) electrons. The third-order valence-corrected chi connectivity index (χ3v) is 4.42. The Bertz CT molecular complexity index is 997. The fourth-order valence-electron chi connectivity index (χ4n) is 2.90. The molecule has 0 bridgehead atoms. The molecule has 0 atom stereocenters. The summed E-state index contributed by atoms with van der Waals surface area (Å²) in [5.41, 5.74) is 1.01. The molecule has 30 heavy (non-hydrogen) atoms. The lowest BCUT2D eigenvalue weighted by atomic mass is 10.1. The van der Waals surface area contributed by atoms with Crippen molar-refractivity contribution in [1.29, 1.82) is 0 Å². The lowest BCUT2D eigenvalue weighted by Gasteiger charge is -2.26. The van der Waals surface area contributed by atoms with E-state index in [2.05, 4.69) is 5.32 Å². The number of rotatable bonds is 7. The molecule has 2 aromatic carbocycles. The van der Waals surface area contributed by atoms with Crippen molar-refractivity contribution in [3.63, 3.8) is 0 Å². The third kappa shape index (κ3) is 4.60. The Morgan fingerprint density at radius 2 is 1.80 bits per heavy atom. The Morgan fingerprint density at radius 1 is 1.07 bits per heavy atom. The molecule has 2 aromatic rings. The van der Waals surface area contributed by atoms with E-state index < -0.39 is 17.8 Å². The summed E-state index contributed by atoms with van der Waals surface area (Å²) in [4.78, 5) is 38.3. The molecule has 0 aromatic heterocycles. The summed E-state index contributed by atoms with van der Waals surface area (Å²) < 4.78 is 11.0. The van der Waals surface area contributed by atoms with Gasteiger partial charge >= 0.3 is 6.03 Å². The summed E-state index contributed by atoms with van der Waals surface area (Å²) in [5, 5.41) is 11.6. The molecule has 0 saturated carbocycles. The van der Waals surface area contributed by atoms with Crippen LogP contribution < -0.4 is 14.8 Å². The molecule has 3 rings (SSSR count). The van der Waals surface area contributed by atoms with Crippen LogP contribution >= 0.6 is 0 Å². The summed E-state index contributed by atoms with van der Waals surface area (Å²) in [6, 6.07) is 10.3. The molecule has 8 heteroatoms. The predicted molar refractivity (Wildman–Crippen MR) is 109 cm³/mol. The van der Waals surface area contributed by atoms with Crippen molar-refractivity contribution in [3.05, 3.63) is 59.2 Å². The Labute approximate surface area is 173 Å². The number of phenolic OH excluding ortho intramolecular Hbond substituents is 1. The number of imide groups is 2. The lowest BCUT2D eigenvalue weighted by molar-refractivity contribution is -0.130. The summed E-state index contributed by atoms with van der Waals surface area (Å²) in [7, 11) is 1.51. The van der Waals surface area contributed by atoms with Gasteiger partial charge in [0.25, 0.3) is 11.8 Å². The lowest BCUT2D eigenvalue weighted by Crippen LogP contribution is -2.53. The number of aromatic hydroxyl groups is 1. The van der Waals surface area contributed by atoms with Crippen LogP contribution in [0.25, 0.3) is 6.08 Å². The first-order valence-electron chi connectivity index (χ1n) is 9.40. The number of methoxy groups -OCH3 is 1. The minimum Gasteiger partial charge on any atom is -0.508 e. The zero-order chi connectivity index (χ0) is 21.7. The highest BCUT2D eigenvalue weighted by Gasteiger charge is 2.35. The van der Waals surface area contributed by atoms with E-state index in [0.717, 1.165) is 11.3 Å². The average Bonchev–Trinajstić information content (AvgIpc) is 2.74. The minimum absolute atomic E-state index is 0.0463. The molecule has 1 aliphatic heterocycles. The van der Waals surface area contributed by atoms with Gasteiger partial charge in [-0.25, -0.2) is 4.79 Å². The van der Waals surface area contributed by atoms with Gasteiger partial charge in [0.1, 0.15) is 11.3 Å². The van der Waals surface area contributed by atoms with Gasteiger partial charge in [-0.2, -0.15) is 0 Å². The van der Waals surface area contributed by atoms with Gasteiger partial charge in [-0.1, -0.05) is 25.1 Å². The van der Waals surface area contributed by atoms with E-state index in [9.17, 15) is 19.5 Å². The number of carbonyl (C=O) groups excluding carboxylic acids is 3. The molecule has 0 spiro atoms. The maximum Gasteiger partial charge on any atom is 0.331 e. The molecule has 1 fully saturated rings. The highest BCUT2D eigenvalue weighted by atomic mass is 16.5. The Balaban J connectivity index is 1.84. The summed E-state index contributed by atoms with van der Waals surface area (Å²) >= 11 is 0. The van der Waals surface area contributed by atoms with E-state index in [4.69, 9.17) is 9.47 Å². The zero-order valence-electron chi connectivity index (χ0n) is 16.7. The Hall–Kier alpha value is -3.81. The zero-order valence-corrected chi connectivity index (χ0v) is 16.7. The minimum atomic E-state index is -0.793. The van der Waals surface area contributed by atoms with Gasteiger partial charge in [-0.15, -0.1) is 0 Å². The third-order valence-electron chi connectivity index (χ3n) is 4.42. The van der Waals surface area contributed by atoms with Gasteiger partial charge in [-0.3, -0.25) is 19.8 Å². The van der Waals surface area contributed by atoms with Crippen LogP contribution in [0.3, 0.4) is 0 Å². The number of nitrogens with one attached hydrogen (secondary N) is 1. The van der Waals surface area contributed by atoms with Crippen molar-refractivity contribution >= 4 is 23.9 Å². The van der Waals surface area contributed by atoms with Crippen molar-refractivity contribution in [3.8, 4) is 17.2 Å². The van der Waals surface area contributed by atoms with Crippen LogP contribution in [0, 0.1) is 0 Å². The van der Waals surface area contributed by atoms with Crippen LogP contribution in [0.4, 0.5) is 4.79 Å². The number of barbiturate groups is 1. The van der Waals surface area contributed by atoms with E-state index in [1.54, 1.807) is 30.3 Å². The Kier molecular flexibility index (Phi) is 6.36. The van der Waals surface area contributed by atoms with Crippen LogP contribution in [-0.4, -0.2) is 41.6 Å². The molecule has 1 aliphatic rings. The first-order chi connectivity index (χ1) is 14.4. The number of ether oxygens (including phenoxy) is 2. The fourth-order valence-corrected chi connectivity index (χ4v) is 2.90. The van der Waals surface area contributed by atoms with Gasteiger partial charge in [0.05, 0.1) is 20.3 Å². The van der Waals surface area contributed by atoms with Crippen LogP contribution in [0.2, 0.25) is 0 Å². The SMILES string of the molecule is CCCOc1ccc(CN2C(=O)NC(=O)/C(=C\c3ccc(O)cc3)C2=O)cc1OC.